The molecule has 0 bridgehead atoms. The second kappa shape index (κ2) is 7.98. The van der Waals surface area contributed by atoms with Gasteiger partial charge in [0, 0.05) is 18.2 Å². The van der Waals surface area contributed by atoms with Crippen molar-refractivity contribution in [3.8, 4) is 0 Å². The third kappa shape index (κ3) is 3.87. The van der Waals surface area contributed by atoms with Crippen LogP contribution in [-0.2, 0) is 6.42 Å². The van der Waals surface area contributed by atoms with E-state index in [0.717, 1.165) is 5.56 Å². The van der Waals surface area contributed by atoms with Gasteiger partial charge in [0.25, 0.3) is 5.91 Å². The van der Waals surface area contributed by atoms with Crippen LogP contribution in [0.1, 0.15) is 26.4 Å². The van der Waals surface area contributed by atoms with Crippen LogP contribution in [0.2, 0.25) is 0 Å². The van der Waals surface area contributed by atoms with Crippen molar-refractivity contribution in [2.45, 2.75) is 12.5 Å². The summed E-state index contributed by atoms with van der Waals surface area (Å²) in [4.78, 5) is 30.5. The number of nitrogens with two attached hydrogens (primary N) is 1. The molecule has 0 saturated carbocycles. The third-order valence-electron chi connectivity index (χ3n) is 4.73. The topological polar surface area (TPSA) is 89.5 Å². The minimum absolute atomic E-state index is 0.147. The Kier molecular flexibility index (Phi) is 5.07. The normalized spacial score (nSPS) is 11.9. The van der Waals surface area contributed by atoms with Gasteiger partial charge in [-0.2, -0.15) is 0 Å². The summed E-state index contributed by atoms with van der Waals surface area (Å²) in [6, 6.07) is 23.0. The standard InChI is InChI=1S/C23H20N4O2/c24-22-20(27-14-8-7-13-19(27)26-22)21(28)18(15-16-9-3-1-4-10-16)25-23(29)17-11-5-2-6-12-17/h1-14,18H,15,24H2,(H,25,29)/t18-/m0/s1. The van der Waals surface area contributed by atoms with Crippen molar-refractivity contribution in [3.63, 3.8) is 0 Å². The maximum atomic E-state index is 13.5. The number of pyridine rings is 1. The summed E-state index contributed by atoms with van der Waals surface area (Å²) in [5, 5.41) is 2.88. The number of amides is 1. The molecular formula is C23H20N4O2. The van der Waals surface area contributed by atoms with Crippen molar-refractivity contribution >= 4 is 23.2 Å². The van der Waals surface area contributed by atoms with E-state index in [4.69, 9.17) is 5.73 Å². The molecule has 3 N–H and O–H groups in total. The van der Waals surface area contributed by atoms with Crippen molar-refractivity contribution < 1.29 is 9.59 Å². The molecule has 0 aliphatic heterocycles. The molecule has 1 amide bonds. The maximum absolute atomic E-state index is 13.5. The van der Waals surface area contributed by atoms with Crippen molar-refractivity contribution in [2.75, 3.05) is 5.73 Å². The number of aromatic nitrogens is 2. The SMILES string of the molecule is Nc1nc2ccccn2c1C(=O)[C@H](Cc1ccccc1)NC(=O)c1ccccc1. The highest BCUT2D eigenvalue weighted by molar-refractivity contribution is 6.06. The number of anilines is 1. The van der Waals surface area contributed by atoms with E-state index in [1.807, 2.05) is 42.5 Å². The molecular weight excluding hydrogens is 364 g/mol. The number of hydrogen-bond donors (Lipinski definition) is 2. The van der Waals surface area contributed by atoms with Gasteiger partial charge < -0.3 is 11.1 Å². The number of ketones is 1. The molecule has 0 radical (unpaired) electrons. The molecule has 6 nitrogen and oxygen atoms in total. The highest BCUT2D eigenvalue weighted by Crippen LogP contribution is 2.18. The van der Waals surface area contributed by atoms with E-state index in [2.05, 4.69) is 10.3 Å². The van der Waals surface area contributed by atoms with Crippen LogP contribution in [-0.4, -0.2) is 27.1 Å². The van der Waals surface area contributed by atoms with Crippen LogP contribution >= 0.6 is 0 Å². The first-order valence-electron chi connectivity index (χ1n) is 9.30. The van der Waals surface area contributed by atoms with E-state index in [0.29, 0.717) is 17.6 Å². The lowest BCUT2D eigenvalue weighted by Crippen LogP contribution is -2.43. The second-order valence-corrected chi connectivity index (χ2v) is 6.72. The molecule has 0 saturated heterocycles. The number of rotatable bonds is 6. The average molecular weight is 384 g/mol. The molecule has 2 aromatic carbocycles. The lowest BCUT2D eigenvalue weighted by molar-refractivity contribution is 0.0854. The lowest BCUT2D eigenvalue weighted by atomic mass is 9.99. The zero-order valence-corrected chi connectivity index (χ0v) is 15.7. The van der Waals surface area contributed by atoms with Crippen LogP contribution in [0.3, 0.4) is 0 Å². The summed E-state index contributed by atoms with van der Waals surface area (Å²) < 4.78 is 1.66. The fourth-order valence-corrected chi connectivity index (χ4v) is 3.31. The number of carbonyl (C=O) groups excluding carboxylic acids is 2. The summed E-state index contributed by atoms with van der Waals surface area (Å²) in [6.07, 6.45) is 2.09. The molecule has 0 spiro atoms. The summed E-state index contributed by atoms with van der Waals surface area (Å²) >= 11 is 0. The third-order valence-corrected chi connectivity index (χ3v) is 4.73. The second-order valence-electron chi connectivity index (χ2n) is 6.72. The zero-order chi connectivity index (χ0) is 20.2. The predicted octanol–water partition coefficient (Wildman–Crippen LogP) is 3.14. The number of benzene rings is 2. The Balaban J connectivity index is 1.70. The van der Waals surface area contributed by atoms with Gasteiger partial charge in [0.1, 0.15) is 11.3 Å². The number of nitrogens with one attached hydrogen (secondary N) is 1. The van der Waals surface area contributed by atoms with Gasteiger partial charge in [-0.25, -0.2) is 4.98 Å². The molecule has 29 heavy (non-hydrogen) atoms. The number of nitrogens with zero attached hydrogens (tertiary/aromatic N) is 2. The quantitative estimate of drug-likeness (QED) is 0.500. The molecule has 0 unspecified atom stereocenters. The first-order valence-corrected chi connectivity index (χ1v) is 9.30. The predicted molar refractivity (Wildman–Crippen MR) is 112 cm³/mol. The Morgan fingerprint density at radius 3 is 2.31 bits per heavy atom. The molecule has 4 rings (SSSR count). The van der Waals surface area contributed by atoms with Gasteiger partial charge in [-0.1, -0.05) is 54.6 Å². The number of nitrogen functional groups attached to an aromatic ring is 1. The van der Waals surface area contributed by atoms with Crippen LogP contribution in [0, 0.1) is 0 Å². The van der Waals surface area contributed by atoms with Gasteiger partial charge in [0.15, 0.2) is 5.82 Å². The summed E-state index contributed by atoms with van der Waals surface area (Å²) in [5.74, 6) is -0.449. The Hall–Kier alpha value is -3.93. The molecule has 0 fully saturated rings. The van der Waals surface area contributed by atoms with Crippen LogP contribution < -0.4 is 11.1 Å². The summed E-state index contributed by atoms with van der Waals surface area (Å²) in [6.45, 7) is 0. The molecule has 6 heteroatoms. The highest BCUT2D eigenvalue weighted by atomic mass is 16.2. The van der Waals surface area contributed by atoms with Crippen LogP contribution in [0.15, 0.2) is 85.1 Å². The Labute approximate surface area is 168 Å². The molecule has 144 valence electrons. The number of imidazole rings is 1. The van der Waals surface area contributed by atoms with Gasteiger partial charge in [-0.05, 0) is 29.8 Å². The number of fused-ring (bicyclic) bond motifs is 1. The van der Waals surface area contributed by atoms with Crippen molar-refractivity contribution in [1.82, 2.24) is 14.7 Å². The van der Waals surface area contributed by atoms with E-state index < -0.39 is 6.04 Å². The summed E-state index contributed by atoms with van der Waals surface area (Å²) in [5.41, 5.74) is 8.35. The van der Waals surface area contributed by atoms with Crippen LogP contribution in [0.4, 0.5) is 5.82 Å². The van der Waals surface area contributed by atoms with Crippen molar-refractivity contribution in [3.05, 3.63) is 102 Å². The number of carbonyl (C=O) groups is 2. The number of hydrogen-bond acceptors (Lipinski definition) is 4. The first kappa shape index (κ1) is 18.4. The van der Waals surface area contributed by atoms with Gasteiger partial charge in [0.05, 0.1) is 6.04 Å². The van der Waals surface area contributed by atoms with Gasteiger partial charge in [-0.15, -0.1) is 0 Å². The fourth-order valence-electron chi connectivity index (χ4n) is 3.31. The van der Waals surface area contributed by atoms with Crippen molar-refractivity contribution in [1.29, 1.82) is 0 Å². The minimum atomic E-state index is -0.785. The van der Waals surface area contributed by atoms with E-state index >= 15 is 0 Å². The Morgan fingerprint density at radius 2 is 1.59 bits per heavy atom. The maximum Gasteiger partial charge on any atom is 0.251 e. The monoisotopic (exact) mass is 384 g/mol. The minimum Gasteiger partial charge on any atom is -0.382 e. The van der Waals surface area contributed by atoms with Crippen LogP contribution in [0.5, 0.6) is 0 Å². The van der Waals surface area contributed by atoms with Gasteiger partial charge >= 0.3 is 0 Å². The van der Waals surface area contributed by atoms with Crippen molar-refractivity contribution in [2.24, 2.45) is 0 Å². The van der Waals surface area contributed by atoms with E-state index in [9.17, 15) is 9.59 Å². The molecule has 4 aromatic rings. The molecule has 1 atom stereocenters. The summed E-state index contributed by atoms with van der Waals surface area (Å²) in [7, 11) is 0. The highest BCUT2D eigenvalue weighted by Gasteiger charge is 2.28. The lowest BCUT2D eigenvalue weighted by Gasteiger charge is -2.18. The van der Waals surface area contributed by atoms with E-state index in [1.54, 1.807) is 47.0 Å². The fraction of sp³-hybridized carbons (Fsp3) is 0.0870. The molecule has 2 heterocycles. The average Bonchev–Trinajstić information content (AvgIpc) is 3.09. The van der Waals surface area contributed by atoms with E-state index in [-0.39, 0.29) is 23.2 Å². The Bertz CT molecular complexity index is 1150. The molecule has 0 aliphatic rings. The van der Waals surface area contributed by atoms with Gasteiger partial charge in [0.2, 0.25) is 5.78 Å². The first-order chi connectivity index (χ1) is 14.1. The Morgan fingerprint density at radius 1 is 0.931 bits per heavy atom. The zero-order valence-electron chi connectivity index (χ0n) is 15.7. The van der Waals surface area contributed by atoms with E-state index in [1.165, 1.54) is 0 Å². The number of Topliss-reactive ketones (excluding diaryl/α,β-unsaturated/α-hetero) is 1. The van der Waals surface area contributed by atoms with Crippen LogP contribution in [0.25, 0.3) is 5.65 Å². The van der Waals surface area contributed by atoms with Gasteiger partial charge in [-0.3, -0.25) is 14.0 Å². The molecule has 2 aromatic heterocycles. The molecule has 0 aliphatic carbocycles. The largest absolute Gasteiger partial charge is 0.382 e. The smallest absolute Gasteiger partial charge is 0.251 e.